The van der Waals surface area contributed by atoms with Crippen molar-refractivity contribution in [2.75, 3.05) is 11.5 Å². The highest BCUT2D eigenvalue weighted by Crippen LogP contribution is 2.35. The summed E-state index contributed by atoms with van der Waals surface area (Å²) in [6.45, 7) is 2.24. The molecule has 0 bridgehead atoms. The minimum atomic E-state index is -0.563. The summed E-state index contributed by atoms with van der Waals surface area (Å²) in [5.41, 5.74) is 1.04. The number of benzene rings is 2. The summed E-state index contributed by atoms with van der Waals surface area (Å²) in [7, 11) is 0. The van der Waals surface area contributed by atoms with Crippen molar-refractivity contribution in [2.45, 2.75) is 6.92 Å². The molecule has 0 spiro atoms. The standard InChI is InChI=1S/C18H13Cl3N2O3/c1-2-26-16-13(20)6-10(7-14(16)21)8-15-17(24)23(18(25)22-15)12-5-3-4-11(19)9-12/h3-9H,2H2,1H3,(H,22,25)/b15-8-. The van der Waals surface area contributed by atoms with Crippen molar-refractivity contribution in [3.05, 3.63) is 62.7 Å². The summed E-state index contributed by atoms with van der Waals surface area (Å²) in [5, 5.41) is 3.59. The Labute approximate surface area is 165 Å². The highest BCUT2D eigenvalue weighted by Gasteiger charge is 2.35. The van der Waals surface area contributed by atoms with Crippen LogP contribution in [-0.4, -0.2) is 18.5 Å². The quantitative estimate of drug-likeness (QED) is 0.559. The lowest BCUT2D eigenvalue weighted by atomic mass is 10.1. The normalized spacial score (nSPS) is 15.5. The van der Waals surface area contributed by atoms with Crippen LogP contribution in [0.1, 0.15) is 12.5 Å². The molecular weight excluding hydrogens is 399 g/mol. The molecule has 1 aliphatic rings. The van der Waals surface area contributed by atoms with Crippen LogP contribution in [0.25, 0.3) is 6.08 Å². The second kappa shape index (κ2) is 7.58. The van der Waals surface area contributed by atoms with Gasteiger partial charge in [-0.1, -0.05) is 40.9 Å². The van der Waals surface area contributed by atoms with Crippen molar-refractivity contribution in [2.24, 2.45) is 0 Å². The van der Waals surface area contributed by atoms with Crippen LogP contribution in [0.3, 0.4) is 0 Å². The van der Waals surface area contributed by atoms with Gasteiger partial charge in [0.25, 0.3) is 5.91 Å². The third-order valence-electron chi connectivity index (χ3n) is 3.56. The Bertz CT molecular complexity index is 905. The summed E-state index contributed by atoms with van der Waals surface area (Å²) in [4.78, 5) is 25.8. The molecule has 1 heterocycles. The molecule has 0 atom stereocenters. The van der Waals surface area contributed by atoms with Crippen molar-refractivity contribution < 1.29 is 14.3 Å². The monoisotopic (exact) mass is 410 g/mol. The Morgan fingerprint density at radius 1 is 1.12 bits per heavy atom. The number of rotatable bonds is 4. The zero-order chi connectivity index (χ0) is 18.8. The largest absolute Gasteiger partial charge is 0.491 e. The van der Waals surface area contributed by atoms with Crippen molar-refractivity contribution in [1.82, 2.24) is 5.32 Å². The first-order chi connectivity index (χ1) is 12.4. The van der Waals surface area contributed by atoms with Crippen LogP contribution < -0.4 is 15.0 Å². The van der Waals surface area contributed by atoms with Crippen LogP contribution in [0.4, 0.5) is 10.5 Å². The molecule has 26 heavy (non-hydrogen) atoms. The van der Waals surface area contributed by atoms with Crippen LogP contribution in [-0.2, 0) is 4.79 Å². The third kappa shape index (κ3) is 3.65. The lowest BCUT2D eigenvalue weighted by Crippen LogP contribution is -2.30. The highest BCUT2D eigenvalue weighted by atomic mass is 35.5. The number of ether oxygens (including phenoxy) is 1. The average Bonchev–Trinajstić information content (AvgIpc) is 2.85. The number of carbonyl (C=O) groups is 2. The minimum absolute atomic E-state index is 0.103. The number of carbonyl (C=O) groups excluding carboxylic acids is 2. The maximum Gasteiger partial charge on any atom is 0.333 e. The van der Waals surface area contributed by atoms with Crippen molar-refractivity contribution in [3.8, 4) is 5.75 Å². The summed E-state index contributed by atoms with van der Waals surface area (Å²) < 4.78 is 5.37. The first kappa shape index (κ1) is 18.6. The Morgan fingerprint density at radius 2 is 1.81 bits per heavy atom. The molecule has 1 fully saturated rings. The Hall–Kier alpha value is -2.21. The number of anilines is 1. The van der Waals surface area contributed by atoms with Crippen LogP contribution in [0.15, 0.2) is 42.1 Å². The number of nitrogens with zero attached hydrogens (tertiary/aromatic N) is 1. The van der Waals surface area contributed by atoms with E-state index in [1.54, 1.807) is 30.3 Å². The molecule has 0 saturated carbocycles. The van der Waals surface area contributed by atoms with Gasteiger partial charge in [-0.25, -0.2) is 9.69 Å². The van der Waals surface area contributed by atoms with Gasteiger partial charge in [-0.05, 0) is 48.9 Å². The molecule has 3 rings (SSSR count). The van der Waals surface area contributed by atoms with E-state index in [2.05, 4.69) is 5.32 Å². The molecule has 0 radical (unpaired) electrons. The van der Waals surface area contributed by atoms with Gasteiger partial charge < -0.3 is 10.1 Å². The van der Waals surface area contributed by atoms with Crippen molar-refractivity contribution in [1.29, 1.82) is 0 Å². The van der Waals surface area contributed by atoms with Crippen LogP contribution in [0.2, 0.25) is 15.1 Å². The number of nitrogens with one attached hydrogen (secondary N) is 1. The zero-order valence-electron chi connectivity index (χ0n) is 13.6. The van der Waals surface area contributed by atoms with Crippen LogP contribution in [0, 0.1) is 0 Å². The lowest BCUT2D eigenvalue weighted by molar-refractivity contribution is -0.113. The molecule has 3 amide bonds. The SMILES string of the molecule is CCOc1c(Cl)cc(/C=C2\NC(=O)N(c3cccc(Cl)c3)C2=O)cc1Cl. The van der Waals surface area contributed by atoms with E-state index in [-0.39, 0.29) is 5.70 Å². The van der Waals surface area contributed by atoms with Gasteiger partial charge in [-0.3, -0.25) is 4.79 Å². The van der Waals surface area contributed by atoms with Crippen molar-refractivity contribution >= 4 is 58.5 Å². The minimum Gasteiger partial charge on any atom is -0.491 e. The van der Waals surface area contributed by atoms with Crippen LogP contribution in [0.5, 0.6) is 5.75 Å². The topological polar surface area (TPSA) is 58.6 Å². The second-order valence-corrected chi connectivity index (χ2v) is 6.61. The number of hydrogen-bond donors (Lipinski definition) is 1. The van der Waals surface area contributed by atoms with Crippen molar-refractivity contribution in [3.63, 3.8) is 0 Å². The van der Waals surface area contributed by atoms with E-state index < -0.39 is 11.9 Å². The maximum atomic E-state index is 12.6. The van der Waals surface area contributed by atoms with Gasteiger partial charge in [0.1, 0.15) is 5.70 Å². The number of halogens is 3. The number of amides is 3. The molecule has 1 aliphatic heterocycles. The summed E-state index contributed by atoms with van der Waals surface area (Å²) in [6.07, 6.45) is 1.50. The van der Waals surface area contributed by atoms with E-state index in [1.807, 2.05) is 6.92 Å². The summed E-state index contributed by atoms with van der Waals surface area (Å²) in [6, 6.07) is 9.12. The molecule has 134 valence electrons. The Morgan fingerprint density at radius 3 is 2.42 bits per heavy atom. The average molecular weight is 412 g/mol. The van der Waals surface area contributed by atoms with Gasteiger partial charge in [0.2, 0.25) is 0 Å². The number of urea groups is 1. The van der Waals surface area contributed by atoms with Gasteiger partial charge >= 0.3 is 6.03 Å². The Balaban J connectivity index is 1.93. The van der Waals surface area contributed by atoms with E-state index in [1.165, 1.54) is 12.1 Å². The molecule has 8 heteroatoms. The predicted molar refractivity (Wildman–Crippen MR) is 103 cm³/mol. The molecular formula is C18H13Cl3N2O3. The molecule has 1 saturated heterocycles. The van der Waals surface area contributed by atoms with Gasteiger partial charge in [-0.15, -0.1) is 0 Å². The summed E-state index contributed by atoms with van der Waals surface area (Å²) >= 11 is 18.3. The highest BCUT2D eigenvalue weighted by molar-refractivity contribution is 6.37. The fraction of sp³-hybridized carbons (Fsp3) is 0.111. The third-order valence-corrected chi connectivity index (χ3v) is 4.36. The molecule has 0 aromatic heterocycles. The van der Waals surface area contributed by atoms with E-state index in [9.17, 15) is 9.59 Å². The molecule has 5 nitrogen and oxygen atoms in total. The van der Waals surface area contributed by atoms with Gasteiger partial charge in [0.15, 0.2) is 5.75 Å². The van der Waals surface area contributed by atoms with Gasteiger partial charge in [0.05, 0.1) is 22.3 Å². The smallest absolute Gasteiger partial charge is 0.333 e. The van der Waals surface area contributed by atoms with E-state index >= 15 is 0 Å². The first-order valence-corrected chi connectivity index (χ1v) is 8.78. The maximum absolute atomic E-state index is 12.6. The Kier molecular flexibility index (Phi) is 5.41. The number of hydrogen-bond acceptors (Lipinski definition) is 3. The molecule has 0 unspecified atom stereocenters. The van der Waals surface area contributed by atoms with E-state index in [0.717, 1.165) is 4.90 Å². The molecule has 2 aromatic rings. The van der Waals surface area contributed by atoms with E-state index in [4.69, 9.17) is 39.5 Å². The fourth-order valence-electron chi connectivity index (χ4n) is 2.50. The van der Waals surface area contributed by atoms with E-state index in [0.29, 0.717) is 38.7 Å². The molecule has 2 aromatic carbocycles. The van der Waals surface area contributed by atoms with Crippen LogP contribution >= 0.6 is 34.8 Å². The van der Waals surface area contributed by atoms with Gasteiger partial charge in [0, 0.05) is 5.02 Å². The lowest BCUT2D eigenvalue weighted by Gasteiger charge is -2.11. The fourth-order valence-corrected chi connectivity index (χ4v) is 3.29. The summed E-state index contributed by atoms with van der Waals surface area (Å²) in [5.74, 6) is -0.126. The first-order valence-electron chi connectivity index (χ1n) is 7.65. The second-order valence-electron chi connectivity index (χ2n) is 5.36. The number of imide groups is 1. The zero-order valence-corrected chi connectivity index (χ0v) is 15.8. The predicted octanol–water partition coefficient (Wildman–Crippen LogP) is 5.14. The molecule has 0 aliphatic carbocycles. The van der Waals surface area contributed by atoms with Gasteiger partial charge in [-0.2, -0.15) is 0 Å². The molecule has 1 N–H and O–H groups in total.